The fourth-order valence-electron chi connectivity index (χ4n) is 2.63. The van der Waals surface area contributed by atoms with Crippen molar-refractivity contribution >= 4 is 24.0 Å². The van der Waals surface area contributed by atoms with E-state index in [1.54, 1.807) is 18.2 Å². The van der Waals surface area contributed by atoms with Gasteiger partial charge in [0.15, 0.2) is 17.6 Å². The van der Waals surface area contributed by atoms with Gasteiger partial charge in [0, 0.05) is 12.6 Å². The molecule has 8 heteroatoms. The van der Waals surface area contributed by atoms with Gasteiger partial charge < -0.3 is 19.5 Å². The summed E-state index contributed by atoms with van der Waals surface area (Å²) in [5.41, 5.74) is 1.61. The summed E-state index contributed by atoms with van der Waals surface area (Å²) in [6, 6.07) is 13.9. The number of esters is 1. The maximum atomic E-state index is 12.0. The Morgan fingerprint density at radius 1 is 1.07 bits per heavy atom. The highest BCUT2D eigenvalue weighted by Gasteiger charge is 2.19. The lowest BCUT2D eigenvalue weighted by atomic mass is 10.2. The molecule has 1 aliphatic rings. The summed E-state index contributed by atoms with van der Waals surface area (Å²) >= 11 is 0. The standard InChI is InChI=1S/C22H22N2O6/c1-15(21(26)24-22(27)23-14-17-5-3-2-4-6-17)30-20(25)10-8-16-7-9-18-19(13-16)29-12-11-28-18/h2-10,13,15H,11-12,14H2,1H3,(H2,23,24,26,27)/b10-8+/t15-/m0/s1. The first kappa shape index (κ1) is 20.9. The van der Waals surface area contributed by atoms with Crippen molar-refractivity contribution in [2.24, 2.45) is 0 Å². The Morgan fingerprint density at radius 2 is 1.80 bits per heavy atom. The summed E-state index contributed by atoms with van der Waals surface area (Å²) < 4.78 is 16.0. The minimum absolute atomic E-state index is 0.270. The van der Waals surface area contributed by atoms with Crippen molar-refractivity contribution in [1.29, 1.82) is 0 Å². The van der Waals surface area contributed by atoms with Crippen molar-refractivity contribution in [3.63, 3.8) is 0 Å². The summed E-state index contributed by atoms with van der Waals surface area (Å²) in [6.07, 6.45) is 1.60. The highest BCUT2D eigenvalue weighted by Crippen LogP contribution is 2.31. The molecule has 3 rings (SSSR count). The number of urea groups is 1. The zero-order chi connectivity index (χ0) is 21.3. The number of hydrogen-bond acceptors (Lipinski definition) is 6. The first-order valence-electron chi connectivity index (χ1n) is 9.42. The quantitative estimate of drug-likeness (QED) is 0.560. The molecule has 0 fully saturated rings. The minimum atomic E-state index is -1.13. The van der Waals surface area contributed by atoms with E-state index in [4.69, 9.17) is 14.2 Å². The smallest absolute Gasteiger partial charge is 0.331 e. The average molecular weight is 410 g/mol. The summed E-state index contributed by atoms with van der Waals surface area (Å²) in [6.45, 7) is 2.62. The third-order valence-electron chi connectivity index (χ3n) is 4.17. The van der Waals surface area contributed by atoms with Crippen molar-refractivity contribution in [2.75, 3.05) is 13.2 Å². The van der Waals surface area contributed by atoms with Gasteiger partial charge in [-0.15, -0.1) is 0 Å². The van der Waals surface area contributed by atoms with Gasteiger partial charge in [-0.3, -0.25) is 10.1 Å². The number of nitrogens with one attached hydrogen (secondary N) is 2. The van der Waals surface area contributed by atoms with E-state index in [0.717, 1.165) is 5.56 Å². The Hall–Kier alpha value is -3.81. The van der Waals surface area contributed by atoms with Gasteiger partial charge in [0.05, 0.1) is 0 Å². The molecule has 1 aliphatic heterocycles. The van der Waals surface area contributed by atoms with Crippen LogP contribution >= 0.6 is 0 Å². The predicted molar refractivity (Wildman–Crippen MR) is 109 cm³/mol. The molecule has 1 heterocycles. The topological polar surface area (TPSA) is 103 Å². The maximum absolute atomic E-state index is 12.0. The van der Waals surface area contributed by atoms with Crippen molar-refractivity contribution < 1.29 is 28.6 Å². The molecule has 3 amide bonds. The lowest BCUT2D eigenvalue weighted by Gasteiger charge is -2.18. The molecule has 0 unspecified atom stereocenters. The second kappa shape index (κ2) is 10.1. The lowest BCUT2D eigenvalue weighted by Crippen LogP contribution is -2.44. The molecule has 1 atom stereocenters. The summed E-state index contributed by atoms with van der Waals surface area (Å²) in [7, 11) is 0. The molecule has 2 aromatic rings. The van der Waals surface area contributed by atoms with Crippen molar-refractivity contribution in [3.8, 4) is 11.5 Å². The van der Waals surface area contributed by atoms with Gasteiger partial charge in [-0.1, -0.05) is 36.4 Å². The molecule has 2 N–H and O–H groups in total. The van der Waals surface area contributed by atoms with E-state index in [1.807, 2.05) is 30.3 Å². The van der Waals surface area contributed by atoms with E-state index < -0.39 is 24.0 Å². The summed E-state index contributed by atoms with van der Waals surface area (Å²) in [5.74, 6) is -0.179. The molecule has 0 bridgehead atoms. The molecule has 0 spiro atoms. The molecule has 0 saturated carbocycles. The molecule has 2 aromatic carbocycles. The summed E-state index contributed by atoms with van der Waals surface area (Å²) in [5, 5.41) is 4.70. The molecule has 0 radical (unpaired) electrons. The number of fused-ring (bicyclic) bond motifs is 1. The monoisotopic (exact) mass is 410 g/mol. The van der Waals surface area contributed by atoms with Crippen LogP contribution in [0.25, 0.3) is 6.08 Å². The van der Waals surface area contributed by atoms with E-state index in [9.17, 15) is 14.4 Å². The van der Waals surface area contributed by atoms with Gasteiger partial charge in [0.25, 0.3) is 5.91 Å². The molecule has 0 aromatic heterocycles. The second-order valence-corrected chi connectivity index (χ2v) is 6.47. The first-order valence-corrected chi connectivity index (χ1v) is 9.42. The number of rotatable bonds is 6. The molecule has 8 nitrogen and oxygen atoms in total. The van der Waals surface area contributed by atoms with Gasteiger partial charge in [-0.05, 0) is 36.3 Å². The van der Waals surface area contributed by atoms with Crippen LogP contribution in [0.3, 0.4) is 0 Å². The normalized spacial score (nSPS) is 13.4. The van der Waals surface area contributed by atoms with Gasteiger partial charge in [0.2, 0.25) is 0 Å². The number of ether oxygens (including phenoxy) is 3. The zero-order valence-electron chi connectivity index (χ0n) is 16.4. The number of imide groups is 1. The van der Waals surface area contributed by atoms with Crippen LogP contribution in [-0.4, -0.2) is 37.2 Å². The fourth-order valence-corrected chi connectivity index (χ4v) is 2.63. The highest BCUT2D eigenvalue weighted by atomic mass is 16.6. The molecule has 0 saturated heterocycles. The fraction of sp³-hybridized carbons (Fsp3) is 0.227. The van der Waals surface area contributed by atoms with E-state index in [2.05, 4.69) is 10.6 Å². The number of carbonyl (C=O) groups excluding carboxylic acids is 3. The molecule has 0 aliphatic carbocycles. The molecule has 30 heavy (non-hydrogen) atoms. The van der Waals surface area contributed by atoms with Crippen LogP contribution in [0.4, 0.5) is 4.79 Å². The second-order valence-electron chi connectivity index (χ2n) is 6.47. The Bertz CT molecular complexity index is 942. The van der Waals surface area contributed by atoms with Crippen LogP contribution in [-0.2, 0) is 20.9 Å². The number of hydrogen-bond donors (Lipinski definition) is 2. The molecular formula is C22H22N2O6. The highest BCUT2D eigenvalue weighted by molar-refractivity contribution is 5.98. The lowest BCUT2D eigenvalue weighted by molar-refractivity contribution is -0.149. The third kappa shape index (κ3) is 6.10. The van der Waals surface area contributed by atoms with Crippen LogP contribution in [0.1, 0.15) is 18.1 Å². The van der Waals surface area contributed by atoms with Gasteiger partial charge in [-0.25, -0.2) is 9.59 Å². The SMILES string of the molecule is C[C@H](OC(=O)/C=C/c1ccc2c(c1)OCCO2)C(=O)NC(=O)NCc1ccccc1. The summed E-state index contributed by atoms with van der Waals surface area (Å²) in [4.78, 5) is 35.8. The zero-order valence-corrected chi connectivity index (χ0v) is 16.4. The van der Waals surface area contributed by atoms with E-state index in [1.165, 1.54) is 19.1 Å². The van der Waals surface area contributed by atoms with Crippen LogP contribution in [0.5, 0.6) is 11.5 Å². The maximum Gasteiger partial charge on any atom is 0.331 e. The van der Waals surface area contributed by atoms with Crippen molar-refractivity contribution in [3.05, 3.63) is 65.7 Å². The van der Waals surface area contributed by atoms with Crippen LogP contribution in [0, 0.1) is 0 Å². The number of carbonyl (C=O) groups is 3. The van der Waals surface area contributed by atoms with Gasteiger partial charge in [0.1, 0.15) is 13.2 Å². The van der Waals surface area contributed by atoms with Crippen LogP contribution < -0.4 is 20.1 Å². The third-order valence-corrected chi connectivity index (χ3v) is 4.17. The van der Waals surface area contributed by atoms with Crippen LogP contribution in [0.15, 0.2) is 54.6 Å². The van der Waals surface area contributed by atoms with E-state index in [0.29, 0.717) is 30.3 Å². The molecule has 156 valence electrons. The predicted octanol–water partition coefficient (Wildman–Crippen LogP) is 2.43. The van der Waals surface area contributed by atoms with Gasteiger partial charge >= 0.3 is 12.0 Å². The Kier molecular flexibility index (Phi) is 7.05. The first-order chi connectivity index (χ1) is 14.5. The number of amides is 3. The average Bonchev–Trinajstić information content (AvgIpc) is 2.76. The van der Waals surface area contributed by atoms with Crippen LogP contribution in [0.2, 0.25) is 0 Å². The molecular weight excluding hydrogens is 388 g/mol. The Balaban J connectivity index is 1.44. The minimum Gasteiger partial charge on any atom is -0.486 e. The van der Waals surface area contributed by atoms with Crippen molar-refractivity contribution in [2.45, 2.75) is 19.6 Å². The van der Waals surface area contributed by atoms with Gasteiger partial charge in [-0.2, -0.15) is 0 Å². The Labute approximate surface area is 173 Å². The number of benzene rings is 2. The largest absolute Gasteiger partial charge is 0.486 e. The van der Waals surface area contributed by atoms with E-state index in [-0.39, 0.29) is 6.54 Å². The van der Waals surface area contributed by atoms with E-state index >= 15 is 0 Å². The van der Waals surface area contributed by atoms with Crippen molar-refractivity contribution in [1.82, 2.24) is 10.6 Å². The Morgan fingerprint density at radius 3 is 2.57 bits per heavy atom.